The van der Waals surface area contributed by atoms with E-state index in [1.54, 1.807) is 29.1 Å². The molecular formula is C16H18FN3O3S. The van der Waals surface area contributed by atoms with Crippen molar-refractivity contribution in [3.8, 4) is 5.69 Å². The normalized spacial score (nSPS) is 10.7. The predicted molar refractivity (Wildman–Crippen MR) is 88.5 cm³/mol. The Hall–Kier alpha value is -2.35. The van der Waals surface area contributed by atoms with Gasteiger partial charge in [0.05, 0.1) is 11.4 Å². The lowest BCUT2D eigenvalue weighted by atomic mass is 10.3. The lowest BCUT2D eigenvalue weighted by molar-refractivity contribution is -0.146. The maximum absolute atomic E-state index is 13.3. The molecule has 0 radical (unpaired) electrons. The third-order valence-electron chi connectivity index (χ3n) is 2.83. The highest BCUT2D eigenvalue weighted by Gasteiger charge is 2.12. The highest BCUT2D eigenvalue weighted by Crippen LogP contribution is 2.21. The molecule has 24 heavy (non-hydrogen) atoms. The molecule has 0 saturated heterocycles. The summed E-state index contributed by atoms with van der Waals surface area (Å²) in [5.41, 5.74) is 0.611. The molecule has 1 aromatic heterocycles. The number of nitrogens with one attached hydrogen (secondary N) is 1. The Labute approximate surface area is 143 Å². The molecule has 2 aromatic rings. The molecule has 6 nitrogen and oxygen atoms in total. The van der Waals surface area contributed by atoms with Gasteiger partial charge in [-0.2, -0.15) is 0 Å². The van der Waals surface area contributed by atoms with Crippen LogP contribution < -0.4 is 5.32 Å². The van der Waals surface area contributed by atoms with Crippen LogP contribution in [-0.2, 0) is 14.3 Å². The Morgan fingerprint density at radius 2 is 2.21 bits per heavy atom. The van der Waals surface area contributed by atoms with E-state index in [4.69, 9.17) is 4.74 Å². The molecular weight excluding hydrogens is 333 g/mol. The van der Waals surface area contributed by atoms with Crippen LogP contribution in [-0.4, -0.2) is 39.8 Å². The molecule has 0 fully saturated rings. The summed E-state index contributed by atoms with van der Waals surface area (Å²) in [7, 11) is 0. The fourth-order valence-corrected chi connectivity index (χ4v) is 2.66. The first kappa shape index (κ1) is 18.0. The molecule has 2 rings (SSSR count). The molecule has 0 aliphatic rings. The minimum Gasteiger partial charge on any atom is -0.455 e. The van der Waals surface area contributed by atoms with Crippen molar-refractivity contribution in [2.75, 3.05) is 12.4 Å². The van der Waals surface area contributed by atoms with E-state index in [2.05, 4.69) is 10.3 Å². The Bertz CT molecular complexity index is 718. The number of halogens is 1. The summed E-state index contributed by atoms with van der Waals surface area (Å²) in [6.45, 7) is 3.33. The standard InChI is InChI=1S/C16H18FN3O3S/c1-11(2)19-14(21)9-23-15(22)10-24-16-18-6-7-20(16)13-5-3-4-12(17)8-13/h3-8,11H,9-10H2,1-2H3,(H,19,21). The molecule has 1 aromatic carbocycles. The lowest BCUT2D eigenvalue weighted by Gasteiger charge is -2.09. The number of rotatable bonds is 7. The second-order valence-electron chi connectivity index (χ2n) is 5.23. The molecule has 1 amide bonds. The van der Waals surface area contributed by atoms with E-state index in [1.807, 2.05) is 13.8 Å². The zero-order valence-corrected chi connectivity index (χ0v) is 14.2. The van der Waals surface area contributed by atoms with Crippen molar-refractivity contribution in [3.63, 3.8) is 0 Å². The molecule has 0 unspecified atom stereocenters. The van der Waals surface area contributed by atoms with Crippen LogP contribution in [0.5, 0.6) is 0 Å². The van der Waals surface area contributed by atoms with Crippen LogP contribution in [0.3, 0.4) is 0 Å². The van der Waals surface area contributed by atoms with Crippen molar-refractivity contribution in [1.29, 1.82) is 0 Å². The van der Waals surface area contributed by atoms with Gasteiger partial charge in [0.15, 0.2) is 11.8 Å². The van der Waals surface area contributed by atoms with E-state index < -0.39 is 5.97 Å². The number of imidazole rings is 1. The summed E-state index contributed by atoms with van der Waals surface area (Å²) < 4.78 is 19.9. The Kier molecular flexibility index (Phi) is 6.36. The molecule has 0 saturated carbocycles. The van der Waals surface area contributed by atoms with E-state index in [0.717, 1.165) is 11.8 Å². The van der Waals surface area contributed by atoms with Gasteiger partial charge in [-0.05, 0) is 32.0 Å². The number of benzene rings is 1. The summed E-state index contributed by atoms with van der Waals surface area (Å²) in [5.74, 6) is -1.22. The Balaban J connectivity index is 1.88. The van der Waals surface area contributed by atoms with Crippen molar-refractivity contribution < 1.29 is 18.7 Å². The van der Waals surface area contributed by atoms with Crippen LogP contribution in [0.4, 0.5) is 4.39 Å². The molecule has 1 heterocycles. The average Bonchev–Trinajstić information content (AvgIpc) is 2.99. The van der Waals surface area contributed by atoms with Gasteiger partial charge in [-0.1, -0.05) is 17.8 Å². The van der Waals surface area contributed by atoms with Crippen LogP contribution in [0.1, 0.15) is 13.8 Å². The predicted octanol–water partition coefficient (Wildman–Crippen LogP) is 2.17. The van der Waals surface area contributed by atoms with Crippen LogP contribution in [0, 0.1) is 5.82 Å². The van der Waals surface area contributed by atoms with Crippen LogP contribution in [0.25, 0.3) is 5.69 Å². The fraction of sp³-hybridized carbons (Fsp3) is 0.312. The van der Waals surface area contributed by atoms with Gasteiger partial charge in [0.1, 0.15) is 5.82 Å². The minimum absolute atomic E-state index is 0.00128. The zero-order chi connectivity index (χ0) is 17.5. The number of nitrogens with zero attached hydrogens (tertiary/aromatic N) is 2. The molecule has 128 valence electrons. The monoisotopic (exact) mass is 351 g/mol. The third-order valence-corrected chi connectivity index (χ3v) is 3.77. The summed E-state index contributed by atoms with van der Waals surface area (Å²) >= 11 is 1.15. The number of amides is 1. The van der Waals surface area contributed by atoms with Crippen molar-refractivity contribution in [1.82, 2.24) is 14.9 Å². The summed E-state index contributed by atoms with van der Waals surface area (Å²) in [4.78, 5) is 27.3. The van der Waals surface area contributed by atoms with Crippen molar-refractivity contribution in [2.24, 2.45) is 0 Å². The van der Waals surface area contributed by atoms with Gasteiger partial charge < -0.3 is 10.1 Å². The second kappa shape index (κ2) is 8.49. The SMILES string of the molecule is CC(C)NC(=O)COC(=O)CSc1nccn1-c1cccc(F)c1. The van der Waals surface area contributed by atoms with Crippen molar-refractivity contribution >= 4 is 23.6 Å². The third kappa shape index (κ3) is 5.38. The van der Waals surface area contributed by atoms with E-state index in [9.17, 15) is 14.0 Å². The quantitative estimate of drug-likeness (QED) is 0.611. The number of hydrogen-bond acceptors (Lipinski definition) is 5. The molecule has 8 heteroatoms. The number of carbonyl (C=O) groups excluding carboxylic acids is 2. The molecule has 0 bridgehead atoms. The molecule has 0 aliphatic carbocycles. The first-order valence-corrected chi connectivity index (χ1v) is 8.31. The number of aromatic nitrogens is 2. The first-order chi connectivity index (χ1) is 11.5. The zero-order valence-electron chi connectivity index (χ0n) is 13.4. The topological polar surface area (TPSA) is 73.2 Å². The molecule has 1 N–H and O–H groups in total. The highest BCUT2D eigenvalue weighted by molar-refractivity contribution is 7.99. The van der Waals surface area contributed by atoms with Crippen LogP contribution in [0.15, 0.2) is 41.8 Å². The van der Waals surface area contributed by atoms with Gasteiger partial charge in [-0.3, -0.25) is 14.2 Å². The number of esters is 1. The van der Waals surface area contributed by atoms with Gasteiger partial charge in [0.2, 0.25) is 0 Å². The highest BCUT2D eigenvalue weighted by atomic mass is 32.2. The van der Waals surface area contributed by atoms with Gasteiger partial charge in [-0.15, -0.1) is 0 Å². The van der Waals surface area contributed by atoms with Crippen molar-refractivity contribution in [2.45, 2.75) is 25.0 Å². The number of carbonyl (C=O) groups is 2. The number of ether oxygens (including phenoxy) is 1. The smallest absolute Gasteiger partial charge is 0.316 e. The lowest BCUT2D eigenvalue weighted by Crippen LogP contribution is -2.34. The van der Waals surface area contributed by atoms with Gasteiger partial charge in [0.25, 0.3) is 5.91 Å². The number of thioether (sulfide) groups is 1. The van der Waals surface area contributed by atoms with E-state index >= 15 is 0 Å². The second-order valence-corrected chi connectivity index (χ2v) is 6.17. The number of hydrogen-bond donors (Lipinski definition) is 1. The fourth-order valence-electron chi connectivity index (χ4n) is 1.89. The minimum atomic E-state index is -0.521. The van der Waals surface area contributed by atoms with Crippen molar-refractivity contribution in [3.05, 3.63) is 42.5 Å². The van der Waals surface area contributed by atoms with E-state index in [-0.39, 0.29) is 30.1 Å². The van der Waals surface area contributed by atoms with Crippen LogP contribution >= 0.6 is 11.8 Å². The first-order valence-electron chi connectivity index (χ1n) is 7.33. The van der Waals surface area contributed by atoms with Gasteiger partial charge >= 0.3 is 5.97 Å². The van der Waals surface area contributed by atoms with E-state index in [0.29, 0.717) is 10.8 Å². The Morgan fingerprint density at radius 1 is 1.42 bits per heavy atom. The summed E-state index contributed by atoms with van der Waals surface area (Å²) in [6.07, 6.45) is 3.24. The van der Waals surface area contributed by atoms with Gasteiger partial charge in [0, 0.05) is 18.4 Å². The van der Waals surface area contributed by atoms with Crippen LogP contribution in [0.2, 0.25) is 0 Å². The molecule has 0 spiro atoms. The largest absolute Gasteiger partial charge is 0.455 e. The van der Waals surface area contributed by atoms with Gasteiger partial charge in [-0.25, -0.2) is 9.37 Å². The summed E-state index contributed by atoms with van der Waals surface area (Å²) in [6, 6.07) is 6.06. The Morgan fingerprint density at radius 3 is 2.92 bits per heavy atom. The average molecular weight is 351 g/mol. The summed E-state index contributed by atoms with van der Waals surface area (Å²) in [5, 5.41) is 3.16. The van der Waals surface area contributed by atoms with E-state index in [1.165, 1.54) is 12.1 Å². The maximum atomic E-state index is 13.3. The molecule has 0 atom stereocenters. The maximum Gasteiger partial charge on any atom is 0.316 e. The molecule has 0 aliphatic heterocycles.